The highest BCUT2D eigenvalue weighted by Crippen LogP contribution is 2.29. The largest absolute Gasteiger partial charge is 0.401 e. The van der Waals surface area contributed by atoms with E-state index in [9.17, 15) is 9.59 Å². The molecule has 2 rings (SSSR count). The van der Waals surface area contributed by atoms with Crippen molar-refractivity contribution in [2.45, 2.75) is 44.6 Å². The van der Waals surface area contributed by atoms with Crippen LogP contribution >= 0.6 is 11.6 Å². The van der Waals surface area contributed by atoms with Gasteiger partial charge in [0.05, 0.1) is 18.0 Å². The summed E-state index contributed by atoms with van der Waals surface area (Å²) in [4.78, 5) is 24.1. The summed E-state index contributed by atoms with van der Waals surface area (Å²) in [7, 11) is 0. The fourth-order valence-electron chi connectivity index (χ4n) is 3.33. The Morgan fingerprint density at radius 1 is 1.27 bits per heavy atom. The number of hydrogen-bond donors (Lipinski definition) is 4. The van der Waals surface area contributed by atoms with E-state index >= 15 is 0 Å². The number of primary amides is 1. The number of allylic oxidation sites excluding steroid dienone is 1. The summed E-state index contributed by atoms with van der Waals surface area (Å²) < 4.78 is 0. The molecule has 0 aliphatic heterocycles. The molecule has 0 aromatic heterocycles. The molecule has 1 saturated carbocycles. The number of carbonyl (C=O) groups is 2. The minimum Gasteiger partial charge on any atom is -0.401 e. The van der Waals surface area contributed by atoms with Crippen LogP contribution in [0.3, 0.4) is 0 Å². The van der Waals surface area contributed by atoms with E-state index in [2.05, 4.69) is 5.32 Å². The van der Waals surface area contributed by atoms with Crippen LogP contribution in [0.15, 0.2) is 35.5 Å². The Morgan fingerprint density at radius 2 is 1.96 bits per heavy atom. The molecule has 2 amide bonds. The first-order chi connectivity index (χ1) is 12.4. The normalized spacial score (nSPS) is 17.1. The van der Waals surface area contributed by atoms with Gasteiger partial charge in [0.1, 0.15) is 0 Å². The first kappa shape index (κ1) is 20.0. The lowest BCUT2D eigenvalue weighted by Gasteiger charge is -2.24. The molecule has 0 spiro atoms. The van der Waals surface area contributed by atoms with E-state index in [-0.39, 0.29) is 17.9 Å². The molecule has 140 valence electrons. The van der Waals surface area contributed by atoms with Crippen LogP contribution in [0.4, 0.5) is 0 Å². The number of amides is 2. The third kappa shape index (κ3) is 5.33. The van der Waals surface area contributed by atoms with E-state index in [0.717, 1.165) is 31.9 Å². The molecule has 1 atom stereocenters. The van der Waals surface area contributed by atoms with Crippen molar-refractivity contribution in [3.63, 3.8) is 0 Å². The standard InChI is InChI=1S/C19H25ClN4O2/c20-14-8-4-7-13(9-14)16(10-17(22)25)24-19(26)15(11-21)18(23)12-5-2-1-3-6-12/h4,7-9,11-12,16,21H,1-3,5-6,10,23H2,(H2,22,25)(H,24,26)/b18-15+,21-11?/t16-/m0/s1. The Labute approximate surface area is 158 Å². The maximum Gasteiger partial charge on any atom is 0.255 e. The molecule has 0 bridgehead atoms. The maximum absolute atomic E-state index is 12.7. The lowest BCUT2D eigenvalue weighted by atomic mass is 9.85. The van der Waals surface area contributed by atoms with Crippen LogP contribution in [0.2, 0.25) is 5.02 Å². The van der Waals surface area contributed by atoms with Gasteiger partial charge in [0.15, 0.2) is 0 Å². The van der Waals surface area contributed by atoms with Gasteiger partial charge >= 0.3 is 0 Å². The highest BCUT2D eigenvalue weighted by molar-refractivity contribution is 6.30. The van der Waals surface area contributed by atoms with Gasteiger partial charge < -0.3 is 22.2 Å². The second-order valence-corrected chi connectivity index (χ2v) is 7.04. The van der Waals surface area contributed by atoms with E-state index in [0.29, 0.717) is 16.3 Å². The zero-order chi connectivity index (χ0) is 19.1. The van der Waals surface area contributed by atoms with Crippen LogP contribution in [0, 0.1) is 11.3 Å². The number of hydrogen-bond acceptors (Lipinski definition) is 4. The summed E-state index contributed by atoms with van der Waals surface area (Å²) in [5.41, 5.74) is 12.8. The fraction of sp³-hybridized carbons (Fsp3) is 0.421. The van der Waals surface area contributed by atoms with Crippen LogP contribution in [0.25, 0.3) is 0 Å². The minimum atomic E-state index is -0.632. The molecule has 1 aliphatic carbocycles. The van der Waals surface area contributed by atoms with Crippen molar-refractivity contribution in [1.82, 2.24) is 5.32 Å². The van der Waals surface area contributed by atoms with E-state index in [4.69, 9.17) is 28.5 Å². The van der Waals surface area contributed by atoms with Crippen LogP contribution in [-0.2, 0) is 9.59 Å². The first-order valence-electron chi connectivity index (χ1n) is 8.77. The Kier molecular flexibility index (Phi) is 7.21. The molecule has 0 saturated heterocycles. The van der Waals surface area contributed by atoms with Crippen molar-refractivity contribution < 1.29 is 9.59 Å². The predicted molar refractivity (Wildman–Crippen MR) is 103 cm³/mol. The quantitative estimate of drug-likeness (QED) is 0.432. The third-order valence-corrected chi connectivity index (χ3v) is 4.94. The molecule has 0 heterocycles. The Morgan fingerprint density at radius 3 is 2.54 bits per heavy atom. The zero-order valence-electron chi connectivity index (χ0n) is 14.6. The topological polar surface area (TPSA) is 122 Å². The number of halogens is 1. The van der Waals surface area contributed by atoms with Crippen molar-refractivity contribution in [1.29, 1.82) is 5.41 Å². The molecule has 6 N–H and O–H groups in total. The molecule has 7 heteroatoms. The lowest BCUT2D eigenvalue weighted by Crippen LogP contribution is -2.35. The molecule has 6 nitrogen and oxygen atoms in total. The van der Waals surface area contributed by atoms with Gasteiger partial charge in [0.25, 0.3) is 5.91 Å². The highest BCUT2D eigenvalue weighted by atomic mass is 35.5. The second kappa shape index (κ2) is 9.38. The molecule has 1 fully saturated rings. The number of nitrogens with one attached hydrogen (secondary N) is 2. The van der Waals surface area contributed by atoms with Gasteiger partial charge in [0, 0.05) is 16.9 Å². The Hall–Kier alpha value is -2.34. The average molecular weight is 377 g/mol. The van der Waals surface area contributed by atoms with Crippen molar-refractivity contribution in [3.8, 4) is 0 Å². The Bertz CT molecular complexity index is 711. The summed E-state index contributed by atoms with van der Waals surface area (Å²) in [5.74, 6) is -0.905. The third-order valence-electron chi connectivity index (χ3n) is 4.71. The Balaban J connectivity index is 2.23. The van der Waals surface area contributed by atoms with Crippen molar-refractivity contribution in [2.24, 2.45) is 17.4 Å². The van der Waals surface area contributed by atoms with Crippen LogP contribution in [-0.4, -0.2) is 18.0 Å². The van der Waals surface area contributed by atoms with E-state index in [1.807, 2.05) is 0 Å². The monoisotopic (exact) mass is 376 g/mol. The number of carbonyl (C=O) groups excluding carboxylic acids is 2. The maximum atomic E-state index is 12.7. The van der Waals surface area contributed by atoms with Crippen molar-refractivity contribution in [3.05, 3.63) is 46.1 Å². The zero-order valence-corrected chi connectivity index (χ0v) is 15.4. The number of rotatable bonds is 7. The lowest BCUT2D eigenvalue weighted by molar-refractivity contribution is -0.120. The smallest absolute Gasteiger partial charge is 0.255 e. The van der Waals surface area contributed by atoms with E-state index in [1.165, 1.54) is 6.42 Å². The van der Waals surface area contributed by atoms with Crippen LogP contribution in [0.1, 0.15) is 50.1 Å². The second-order valence-electron chi connectivity index (χ2n) is 6.60. The molecule has 1 aliphatic rings. The summed E-state index contributed by atoms with van der Waals surface area (Å²) >= 11 is 6.01. The molecular weight excluding hydrogens is 352 g/mol. The minimum absolute atomic E-state index is 0.0688. The first-order valence-corrected chi connectivity index (χ1v) is 9.15. The number of benzene rings is 1. The van der Waals surface area contributed by atoms with Gasteiger partial charge in [0.2, 0.25) is 5.91 Å². The molecule has 1 aromatic rings. The highest BCUT2D eigenvalue weighted by Gasteiger charge is 2.24. The summed E-state index contributed by atoms with van der Waals surface area (Å²) in [6, 6.07) is 6.25. The predicted octanol–water partition coefficient (Wildman–Crippen LogP) is 2.82. The van der Waals surface area contributed by atoms with Crippen molar-refractivity contribution in [2.75, 3.05) is 0 Å². The number of nitrogens with two attached hydrogens (primary N) is 2. The average Bonchev–Trinajstić information content (AvgIpc) is 2.62. The molecular formula is C19H25ClN4O2. The van der Waals surface area contributed by atoms with Gasteiger partial charge in [-0.2, -0.15) is 0 Å². The summed E-state index contributed by atoms with van der Waals surface area (Å²) in [5, 5.41) is 10.9. The van der Waals surface area contributed by atoms with Crippen LogP contribution < -0.4 is 16.8 Å². The van der Waals surface area contributed by atoms with Gasteiger partial charge in [-0.25, -0.2) is 0 Å². The summed E-state index contributed by atoms with van der Waals surface area (Å²) in [6.07, 6.45) is 6.09. The molecule has 0 unspecified atom stereocenters. The van der Waals surface area contributed by atoms with Gasteiger partial charge in [-0.3, -0.25) is 9.59 Å². The molecule has 1 aromatic carbocycles. The van der Waals surface area contributed by atoms with Crippen molar-refractivity contribution >= 4 is 29.6 Å². The molecule has 26 heavy (non-hydrogen) atoms. The van der Waals surface area contributed by atoms with E-state index < -0.39 is 17.9 Å². The van der Waals surface area contributed by atoms with Gasteiger partial charge in [-0.05, 0) is 36.5 Å². The summed E-state index contributed by atoms with van der Waals surface area (Å²) in [6.45, 7) is 0. The molecule has 0 radical (unpaired) electrons. The van der Waals surface area contributed by atoms with Gasteiger partial charge in [-0.15, -0.1) is 0 Å². The SMILES string of the molecule is N=C/C(C(=O)N[C@@H](CC(N)=O)c1cccc(Cl)c1)=C(\N)C1CCCCC1. The van der Waals surface area contributed by atoms with Crippen LogP contribution in [0.5, 0.6) is 0 Å². The van der Waals surface area contributed by atoms with Gasteiger partial charge in [-0.1, -0.05) is 43.0 Å². The van der Waals surface area contributed by atoms with E-state index in [1.54, 1.807) is 24.3 Å². The fourth-order valence-corrected chi connectivity index (χ4v) is 3.52.